The molecule has 0 aliphatic rings. The van der Waals surface area contributed by atoms with E-state index in [-0.39, 0.29) is 11.9 Å². The molecular formula is C23H27N3O5S. The molecule has 3 rings (SSSR count). The number of nitrogens with one attached hydrogen (secondary N) is 1. The Kier molecular flexibility index (Phi) is 7.63. The summed E-state index contributed by atoms with van der Waals surface area (Å²) in [7, 11) is 3.11. The van der Waals surface area contributed by atoms with Crippen LogP contribution in [0.1, 0.15) is 31.1 Å². The van der Waals surface area contributed by atoms with Gasteiger partial charge in [-0.05, 0) is 39.0 Å². The number of esters is 1. The number of amides is 1. The van der Waals surface area contributed by atoms with Crippen molar-refractivity contribution in [3.63, 3.8) is 0 Å². The number of methoxy groups -OCH3 is 2. The molecule has 1 unspecified atom stereocenters. The van der Waals surface area contributed by atoms with Crippen molar-refractivity contribution in [2.45, 2.75) is 37.7 Å². The molecule has 0 aliphatic carbocycles. The number of aromatic nitrogens is 2. The van der Waals surface area contributed by atoms with Crippen molar-refractivity contribution in [3.05, 3.63) is 42.0 Å². The van der Waals surface area contributed by atoms with Gasteiger partial charge in [-0.2, -0.15) is 0 Å². The molecule has 0 spiro atoms. The molecule has 2 aromatic carbocycles. The van der Waals surface area contributed by atoms with Crippen LogP contribution in [0.3, 0.4) is 0 Å². The fourth-order valence-electron chi connectivity index (χ4n) is 3.18. The number of benzene rings is 2. The van der Waals surface area contributed by atoms with Gasteiger partial charge in [0.1, 0.15) is 11.5 Å². The van der Waals surface area contributed by atoms with Crippen LogP contribution in [-0.2, 0) is 16.1 Å². The summed E-state index contributed by atoms with van der Waals surface area (Å²) in [4.78, 5) is 29.6. The Labute approximate surface area is 191 Å². The average molecular weight is 458 g/mol. The monoisotopic (exact) mass is 457 g/mol. The fourth-order valence-corrected chi connectivity index (χ4v) is 4.17. The van der Waals surface area contributed by atoms with Crippen LogP contribution in [0, 0.1) is 0 Å². The van der Waals surface area contributed by atoms with E-state index < -0.39 is 5.25 Å². The van der Waals surface area contributed by atoms with Crippen LogP contribution in [0.5, 0.6) is 11.5 Å². The fraction of sp³-hybridized carbons (Fsp3) is 0.348. The molecule has 3 aromatic rings. The molecular weight excluding hydrogens is 430 g/mol. The highest BCUT2D eigenvalue weighted by atomic mass is 32.2. The summed E-state index contributed by atoms with van der Waals surface area (Å²) in [5, 5.41) is 3.19. The predicted molar refractivity (Wildman–Crippen MR) is 125 cm³/mol. The summed E-state index contributed by atoms with van der Waals surface area (Å²) in [5.74, 6) is 0.624. The quantitative estimate of drug-likeness (QED) is 0.377. The number of nitrogens with zero attached hydrogens (tertiary/aromatic N) is 2. The van der Waals surface area contributed by atoms with Crippen LogP contribution < -0.4 is 14.8 Å². The minimum atomic E-state index is -0.418. The van der Waals surface area contributed by atoms with Crippen molar-refractivity contribution in [2.24, 2.45) is 0 Å². The van der Waals surface area contributed by atoms with Gasteiger partial charge in [0, 0.05) is 30.4 Å². The van der Waals surface area contributed by atoms with Crippen LogP contribution in [0.15, 0.2) is 41.6 Å². The maximum Gasteiger partial charge on any atom is 0.338 e. The number of anilines is 1. The highest BCUT2D eigenvalue weighted by molar-refractivity contribution is 8.00. The van der Waals surface area contributed by atoms with E-state index in [1.807, 2.05) is 24.5 Å². The lowest BCUT2D eigenvalue weighted by Crippen LogP contribution is -2.23. The normalized spacial score (nSPS) is 11.8. The number of hydrogen-bond acceptors (Lipinski definition) is 7. The largest absolute Gasteiger partial charge is 0.497 e. The van der Waals surface area contributed by atoms with E-state index in [4.69, 9.17) is 14.2 Å². The van der Waals surface area contributed by atoms with Gasteiger partial charge >= 0.3 is 5.97 Å². The Morgan fingerprint density at radius 1 is 1.09 bits per heavy atom. The van der Waals surface area contributed by atoms with Crippen molar-refractivity contribution in [3.8, 4) is 11.5 Å². The summed E-state index contributed by atoms with van der Waals surface area (Å²) >= 11 is 1.35. The standard InChI is InChI=1S/C23H27N3O5S/c1-6-26-20-9-8-15(22(28)31-7-2)10-19(20)25-23(26)32-14(3)21(27)24-16-11-17(29-4)13-18(12-16)30-5/h8-14H,6-7H2,1-5H3,(H,24,27). The lowest BCUT2D eigenvalue weighted by Gasteiger charge is -2.14. The summed E-state index contributed by atoms with van der Waals surface area (Å²) in [6, 6.07) is 10.5. The third kappa shape index (κ3) is 5.16. The van der Waals surface area contributed by atoms with Crippen molar-refractivity contribution in [1.82, 2.24) is 9.55 Å². The van der Waals surface area contributed by atoms with Gasteiger partial charge in [0.2, 0.25) is 5.91 Å². The minimum Gasteiger partial charge on any atom is -0.497 e. The summed E-state index contributed by atoms with van der Waals surface area (Å²) in [6.45, 7) is 6.59. The number of aryl methyl sites for hydroxylation is 1. The third-order valence-corrected chi connectivity index (χ3v) is 5.90. The number of thioether (sulfide) groups is 1. The summed E-state index contributed by atoms with van der Waals surface area (Å²) < 4.78 is 17.6. The Morgan fingerprint density at radius 2 is 1.78 bits per heavy atom. The number of imidazole rings is 1. The maximum absolute atomic E-state index is 12.8. The van der Waals surface area contributed by atoms with E-state index in [1.54, 1.807) is 51.5 Å². The van der Waals surface area contributed by atoms with Crippen molar-refractivity contribution < 1.29 is 23.8 Å². The molecule has 0 radical (unpaired) electrons. The Hall–Kier alpha value is -3.20. The molecule has 1 atom stereocenters. The molecule has 1 heterocycles. The minimum absolute atomic E-state index is 0.174. The van der Waals surface area contributed by atoms with E-state index >= 15 is 0 Å². The Morgan fingerprint density at radius 3 is 2.38 bits per heavy atom. The van der Waals surface area contributed by atoms with E-state index in [9.17, 15) is 9.59 Å². The first-order valence-corrected chi connectivity index (χ1v) is 11.2. The second-order valence-corrected chi connectivity index (χ2v) is 8.22. The first-order chi connectivity index (χ1) is 15.4. The molecule has 1 amide bonds. The van der Waals surface area contributed by atoms with Gasteiger partial charge in [0.15, 0.2) is 5.16 Å². The first kappa shape index (κ1) is 23.5. The lowest BCUT2D eigenvalue weighted by atomic mass is 10.2. The van der Waals surface area contributed by atoms with Crippen LogP contribution >= 0.6 is 11.8 Å². The molecule has 0 saturated heterocycles. The van der Waals surface area contributed by atoms with E-state index in [0.29, 0.717) is 46.6 Å². The Bertz CT molecular complexity index is 1110. The smallest absolute Gasteiger partial charge is 0.338 e. The molecule has 0 fully saturated rings. The van der Waals surface area contributed by atoms with Crippen LogP contribution in [0.4, 0.5) is 5.69 Å². The van der Waals surface area contributed by atoms with Crippen LogP contribution in [0.25, 0.3) is 11.0 Å². The van der Waals surface area contributed by atoms with Gasteiger partial charge in [-0.1, -0.05) is 11.8 Å². The van der Waals surface area contributed by atoms with Crippen LogP contribution in [-0.4, -0.2) is 47.5 Å². The second kappa shape index (κ2) is 10.4. The predicted octanol–water partition coefficient (Wildman–Crippen LogP) is 4.37. The van der Waals surface area contributed by atoms with E-state index in [1.165, 1.54) is 11.8 Å². The molecule has 170 valence electrons. The van der Waals surface area contributed by atoms with Gasteiger partial charge in [-0.25, -0.2) is 9.78 Å². The molecule has 1 N–H and O–H groups in total. The zero-order chi connectivity index (χ0) is 23.3. The van der Waals surface area contributed by atoms with Gasteiger partial charge in [-0.3, -0.25) is 4.79 Å². The number of carbonyl (C=O) groups is 2. The molecule has 32 heavy (non-hydrogen) atoms. The molecule has 1 aromatic heterocycles. The van der Waals surface area contributed by atoms with Crippen LogP contribution in [0.2, 0.25) is 0 Å². The molecule has 0 aliphatic heterocycles. The lowest BCUT2D eigenvalue weighted by molar-refractivity contribution is -0.115. The number of ether oxygens (including phenoxy) is 3. The average Bonchev–Trinajstić information content (AvgIpc) is 3.14. The van der Waals surface area contributed by atoms with Gasteiger partial charge < -0.3 is 24.1 Å². The van der Waals surface area contributed by atoms with Crippen molar-refractivity contribution in [2.75, 3.05) is 26.1 Å². The van der Waals surface area contributed by atoms with E-state index in [2.05, 4.69) is 10.3 Å². The van der Waals surface area contributed by atoms with E-state index in [0.717, 1.165) is 5.52 Å². The highest BCUT2D eigenvalue weighted by Crippen LogP contribution is 2.30. The van der Waals surface area contributed by atoms with Crippen molar-refractivity contribution >= 4 is 40.4 Å². The van der Waals surface area contributed by atoms with Gasteiger partial charge in [0.25, 0.3) is 0 Å². The zero-order valence-corrected chi connectivity index (χ0v) is 19.6. The topological polar surface area (TPSA) is 91.7 Å². The summed E-state index contributed by atoms with van der Waals surface area (Å²) in [6.07, 6.45) is 0. The first-order valence-electron chi connectivity index (χ1n) is 10.3. The number of fused-ring (bicyclic) bond motifs is 1. The molecule has 8 nitrogen and oxygen atoms in total. The molecule has 0 bridgehead atoms. The Balaban J connectivity index is 1.80. The number of hydrogen-bond donors (Lipinski definition) is 1. The number of carbonyl (C=O) groups excluding carboxylic acids is 2. The molecule has 0 saturated carbocycles. The number of rotatable bonds is 9. The van der Waals surface area contributed by atoms with Gasteiger partial charge in [0.05, 0.1) is 42.7 Å². The SMILES string of the molecule is CCOC(=O)c1ccc2c(c1)nc(SC(C)C(=O)Nc1cc(OC)cc(OC)c1)n2CC. The van der Waals surface area contributed by atoms with Gasteiger partial charge in [-0.15, -0.1) is 0 Å². The van der Waals surface area contributed by atoms with Crippen molar-refractivity contribution in [1.29, 1.82) is 0 Å². The second-order valence-electron chi connectivity index (χ2n) is 6.91. The summed E-state index contributed by atoms with van der Waals surface area (Å²) in [5.41, 5.74) is 2.62. The highest BCUT2D eigenvalue weighted by Gasteiger charge is 2.20. The zero-order valence-electron chi connectivity index (χ0n) is 18.8. The third-order valence-electron chi connectivity index (χ3n) is 4.81. The molecule has 9 heteroatoms. The maximum atomic E-state index is 12.8.